The smallest absolute Gasteiger partial charge is 0.310 e. The van der Waals surface area contributed by atoms with Crippen LogP contribution in [0.3, 0.4) is 0 Å². The second-order valence-electron chi connectivity index (χ2n) is 7.47. The van der Waals surface area contributed by atoms with Crippen LogP contribution < -0.4 is 0 Å². The minimum atomic E-state index is -0.409. The quantitative estimate of drug-likeness (QED) is 0.338. The normalized spacial score (nSPS) is 16.0. The maximum Gasteiger partial charge on any atom is 0.310 e. The van der Waals surface area contributed by atoms with Gasteiger partial charge in [0, 0.05) is 22.4 Å². The Morgan fingerprint density at radius 1 is 1.10 bits per heavy atom. The van der Waals surface area contributed by atoms with Gasteiger partial charge in [-0.25, -0.2) is 9.99 Å². The number of carbonyl (C=O) groups excluding carboxylic acids is 1. The molecule has 1 atom stereocenters. The van der Waals surface area contributed by atoms with Gasteiger partial charge >= 0.3 is 5.91 Å². The number of aromatic nitrogens is 1. The van der Waals surface area contributed by atoms with Gasteiger partial charge in [-0.05, 0) is 55.0 Å². The zero-order valence-electron chi connectivity index (χ0n) is 16.5. The van der Waals surface area contributed by atoms with Crippen LogP contribution in [0.5, 0.6) is 0 Å². The van der Waals surface area contributed by atoms with E-state index in [1.54, 1.807) is 24.3 Å². The second kappa shape index (κ2) is 7.84. The number of fused-ring (bicyclic) bond motifs is 1. The lowest BCUT2D eigenvalue weighted by molar-refractivity contribution is 0.0678. The van der Waals surface area contributed by atoms with Gasteiger partial charge in [0.2, 0.25) is 0 Å². The number of carbonyl (C=O) groups is 1. The summed E-state index contributed by atoms with van der Waals surface area (Å²) in [6, 6.07) is 18.3. The van der Waals surface area contributed by atoms with Crippen molar-refractivity contribution in [2.45, 2.75) is 19.4 Å². The molecular weight excluding hydrogens is 433 g/mol. The fourth-order valence-corrected chi connectivity index (χ4v) is 4.19. The number of aryl methyl sites for hydroxylation is 1. The van der Waals surface area contributed by atoms with Crippen LogP contribution in [0.4, 0.5) is 0 Å². The van der Waals surface area contributed by atoms with Gasteiger partial charge in [-0.15, -0.1) is 0 Å². The predicted molar refractivity (Wildman–Crippen MR) is 122 cm³/mol. The molecule has 31 heavy (non-hydrogen) atoms. The largest absolute Gasteiger partial charge is 0.459 e. The lowest BCUT2D eigenvalue weighted by atomic mass is 9.98. The van der Waals surface area contributed by atoms with Crippen molar-refractivity contribution in [2.75, 3.05) is 0 Å². The van der Waals surface area contributed by atoms with E-state index in [4.69, 9.17) is 27.6 Å². The molecule has 1 amide bonds. The highest BCUT2D eigenvalue weighted by Gasteiger charge is 2.36. The van der Waals surface area contributed by atoms with Crippen LogP contribution in [0.1, 0.15) is 39.7 Å². The molecule has 3 heterocycles. The topological polar surface area (TPSA) is 58.7 Å². The Kier molecular flexibility index (Phi) is 5.00. The summed E-state index contributed by atoms with van der Waals surface area (Å²) >= 11 is 12.6. The Morgan fingerprint density at radius 2 is 1.90 bits per heavy atom. The number of hydrogen-bond donors (Lipinski definition) is 0. The number of benzene rings is 2. The van der Waals surface area contributed by atoms with Gasteiger partial charge < -0.3 is 4.42 Å². The molecule has 0 fully saturated rings. The van der Waals surface area contributed by atoms with Gasteiger partial charge in [0.25, 0.3) is 0 Å². The van der Waals surface area contributed by atoms with Gasteiger partial charge in [0.1, 0.15) is 5.15 Å². The van der Waals surface area contributed by atoms with Crippen LogP contribution >= 0.6 is 23.2 Å². The van der Waals surface area contributed by atoms with Crippen LogP contribution in [-0.2, 0) is 0 Å². The molecule has 154 valence electrons. The van der Waals surface area contributed by atoms with Gasteiger partial charge in [0.05, 0.1) is 23.5 Å². The Labute approximate surface area is 188 Å². The van der Waals surface area contributed by atoms with Crippen LogP contribution in [-0.4, -0.2) is 21.6 Å². The average molecular weight is 450 g/mol. The average Bonchev–Trinajstić information content (AvgIpc) is 3.44. The van der Waals surface area contributed by atoms with Crippen LogP contribution in [0.2, 0.25) is 10.2 Å². The molecule has 0 aliphatic carbocycles. The number of halogens is 2. The van der Waals surface area contributed by atoms with Crippen LogP contribution in [0.25, 0.3) is 10.9 Å². The van der Waals surface area contributed by atoms with E-state index in [2.05, 4.69) is 16.2 Å². The first-order valence-electron chi connectivity index (χ1n) is 9.77. The van der Waals surface area contributed by atoms with Gasteiger partial charge in [-0.1, -0.05) is 47.0 Å². The third-order valence-corrected chi connectivity index (χ3v) is 5.89. The zero-order chi connectivity index (χ0) is 21.5. The number of furan rings is 1. The van der Waals surface area contributed by atoms with Crippen molar-refractivity contribution in [1.29, 1.82) is 0 Å². The molecule has 1 unspecified atom stereocenters. The molecular formula is C24H17Cl2N3O2. The summed E-state index contributed by atoms with van der Waals surface area (Å²) in [6.45, 7) is 2.03. The van der Waals surface area contributed by atoms with E-state index in [1.165, 1.54) is 11.3 Å². The van der Waals surface area contributed by atoms with Crippen molar-refractivity contribution in [3.63, 3.8) is 0 Å². The summed E-state index contributed by atoms with van der Waals surface area (Å²) in [5, 5.41) is 8.04. The number of rotatable bonds is 3. The molecule has 5 nitrogen and oxygen atoms in total. The fourth-order valence-electron chi connectivity index (χ4n) is 3.79. The molecule has 1 aliphatic rings. The lowest BCUT2D eigenvalue weighted by Gasteiger charge is -2.22. The van der Waals surface area contributed by atoms with E-state index < -0.39 is 6.04 Å². The van der Waals surface area contributed by atoms with Gasteiger partial charge in [0.15, 0.2) is 5.76 Å². The molecule has 2 aromatic carbocycles. The van der Waals surface area contributed by atoms with E-state index in [-0.39, 0.29) is 11.7 Å². The SMILES string of the molecule is Cc1ccc2nc(Cl)c(C3CC(c4ccc(Cl)cc4)=NN3C(=O)c3ccco3)cc2c1. The minimum Gasteiger partial charge on any atom is -0.459 e. The summed E-state index contributed by atoms with van der Waals surface area (Å²) in [5.74, 6) is -0.119. The highest BCUT2D eigenvalue weighted by molar-refractivity contribution is 6.31. The Bertz CT molecular complexity index is 1310. The van der Waals surface area contributed by atoms with Crippen molar-refractivity contribution < 1.29 is 9.21 Å². The Morgan fingerprint density at radius 3 is 2.65 bits per heavy atom. The monoisotopic (exact) mass is 449 g/mol. The number of amides is 1. The van der Waals surface area contributed by atoms with E-state index in [9.17, 15) is 4.79 Å². The Balaban J connectivity index is 1.61. The summed E-state index contributed by atoms with van der Waals surface area (Å²) in [7, 11) is 0. The summed E-state index contributed by atoms with van der Waals surface area (Å²) < 4.78 is 5.34. The molecule has 7 heteroatoms. The van der Waals surface area contributed by atoms with Gasteiger partial charge in [-0.3, -0.25) is 4.79 Å². The molecule has 4 aromatic rings. The molecule has 0 N–H and O–H groups in total. The molecule has 0 radical (unpaired) electrons. The fraction of sp³-hybridized carbons (Fsp3) is 0.125. The maximum atomic E-state index is 13.2. The molecule has 1 aliphatic heterocycles. The number of hydrazone groups is 1. The summed E-state index contributed by atoms with van der Waals surface area (Å²) in [6.07, 6.45) is 1.96. The first kappa shape index (κ1) is 19.8. The van der Waals surface area contributed by atoms with Crippen molar-refractivity contribution in [3.05, 3.63) is 99.6 Å². The molecule has 0 saturated heterocycles. The van der Waals surface area contributed by atoms with Crippen LogP contribution in [0.15, 0.2) is 76.4 Å². The van der Waals surface area contributed by atoms with E-state index in [0.717, 1.165) is 33.3 Å². The number of nitrogens with zero attached hydrogens (tertiary/aromatic N) is 3. The lowest BCUT2D eigenvalue weighted by Crippen LogP contribution is -2.27. The number of hydrogen-bond acceptors (Lipinski definition) is 4. The first-order valence-corrected chi connectivity index (χ1v) is 10.5. The van der Waals surface area contributed by atoms with Gasteiger partial charge in [-0.2, -0.15) is 5.10 Å². The van der Waals surface area contributed by atoms with E-state index >= 15 is 0 Å². The maximum absolute atomic E-state index is 13.2. The van der Waals surface area contributed by atoms with Crippen molar-refractivity contribution in [3.8, 4) is 0 Å². The van der Waals surface area contributed by atoms with Crippen LogP contribution in [0, 0.1) is 6.92 Å². The minimum absolute atomic E-state index is 0.215. The summed E-state index contributed by atoms with van der Waals surface area (Å²) in [5.41, 5.74) is 4.33. The standard InChI is InChI=1S/C24H17Cl2N3O2/c1-14-4-9-19-16(11-14)12-18(23(26)27-19)21-13-20(15-5-7-17(25)8-6-15)28-29(21)24(30)22-3-2-10-31-22/h2-12,21H,13H2,1H3. The first-order chi connectivity index (χ1) is 15.0. The molecule has 0 bridgehead atoms. The highest BCUT2D eigenvalue weighted by Crippen LogP contribution is 2.38. The third kappa shape index (κ3) is 3.71. The van der Waals surface area contributed by atoms with Crippen molar-refractivity contribution in [2.24, 2.45) is 5.10 Å². The number of pyridine rings is 1. The molecule has 2 aromatic heterocycles. The highest BCUT2D eigenvalue weighted by atomic mass is 35.5. The third-order valence-electron chi connectivity index (χ3n) is 5.34. The molecule has 5 rings (SSSR count). The summed E-state index contributed by atoms with van der Waals surface area (Å²) in [4.78, 5) is 17.8. The molecule has 0 spiro atoms. The van der Waals surface area contributed by atoms with E-state index in [1.807, 2.05) is 37.3 Å². The second-order valence-corrected chi connectivity index (χ2v) is 8.26. The van der Waals surface area contributed by atoms with Crippen molar-refractivity contribution in [1.82, 2.24) is 9.99 Å². The van der Waals surface area contributed by atoms with Crippen molar-refractivity contribution >= 4 is 45.7 Å². The predicted octanol–water partition coefficient (Wildman–Crippen LogP) is 6.43. The van der Waals surface area contributed by atoms with E-state index in [0.29, 0.717) is 16.6 Å². The Hall–Kier alpha value is -3.15. The zero-order valence-corrected chi connectivity index (χ0v) is 18.1. The molecule has 0 saturated carbocycles.